The summed E-state index contributed by atoms with van der Waals surface area (Å²) in [5.41, 5.74) is 1.83. The van der Waals surface area contributed by atoms with Crippen molar-refractivity contribution in [3.8, 4) is 5.75 Å². The molecule has 1 aliphatic rings. The molecule has 0 unspecified atom stereocenters. The summed E-state index contributed by atoms with van der Waals surface area (Å²) in [5.74, 6) is 0.900. The Kier molecular flexibility index (Phi) is 5.41. The van der Waals surface area contributed by atoms with Crippen molar-refractivity contribution in [3.63, 3.8) is 0 Å². The van der Waals surface area contributed by atoms with Crippen molar-refractivity contribution in [2.75, 3.05) is 19.9 Å². The lowest BCUT2D eigenvalue weighted by Gasteiger charge is -2.36. The zero-order chi connectivity index (χ0) is 16.9. The Balaban J connectivity index is 1.93. The molecule has 0 radical (unpaired) electrons. The second-order valence-electron chi connectivity index (χ2n) is 5.85. The van der Waals surface area contributed by atoms with E-state index in [9.17, 15) is 4.79 Å². The van der Waals surface area contributed by atoms with Crippen LogP contribution in [0.2, 0.25) is 0 Å². The maximum absolute atomic E-state index is 13.2. The first-order valence-corrected chi connectivity index (χ1v) is 9.41. The molecule has 2 heterocycles. The first kappa shape index (κ1) is 16.8. The van der Waals surface area contributed by atoms with Crippen molar-refractivity contribution in [1.29, 1.82) is 0 Å². The summed E-state index contributed by atoms with van der Waals surface area (Å²) in [4.78, 5) is 19.5. The van der Waals surface area contributed by atoms with Crippen molar-refractivity contribution < 1.29 is 9.53 Å². The lowest BCUT2D eigenvalue weighted by molar-refractivity contribution is 0.0606. The monoisotopic (exact) mass is 342 g/mol. The fourth-order valence-corrected chi connectivity index (χ4v) is 3.78. The van der Waals surface area contributed by atoms with Gasteiger partial charge < -0.3 is 9.64 Å². The molecule has 0 aliphatic carbocycles. The lowest BCUT2D eigenvalue weighted by Crippen LogP contribution is -2.38. The van der Waals surface area contributed by atoms with Gasteiger partial charge in [-0.3, -0.25) is 4.79 Å². The van der Waals surface area contributed by atoms with Crippen molar-refractivity contribution in [3.05, 3.63) is 53.7 Å². The maximum Gasteiger partial charge on any atom is 0.257 e. The number of pyridine rings is 1. The number of benzene rings is 1. The number of aromatic nitrogens is 1. The molecule has 0 N–H and O–H groups in total. The Morgan fingerprint density at radius 3 is 2.96 bits per heavy atom. The molecule has 1 fully saturated rings. The van der Waals surface area contributed by atoms with Gasteiger partial charge >= 0.3 is 0 Å². The third kappa shape index (κ3) is 3.41. The molecule has 24 heavy (non-hydrogen) atoms. The third-order valence-corrected chi connectivity index (χ3v) is 5.15. The number of methoxy groups -OCH3 is 1. The SMILES string of the molecule is COc1cccc([C@H]2CCCCN2C(=O)c2cccnc2SC)c1. The van der Waals surface area contributed by atoms with Crippen molar-refractivity contribution >= 4 is 17.7 Å². The smallest absolute Gasteiger partial charge is 0.257 e. The molecule has 0 bridgehead atoms. The van der Waals surface area contributed by atoms with E-state index in [1.54, 1.807) is 13.3 Å². The average Bonchev–Trinajstić information content (AvgIpc) is 2.67. The molecule has 0 saturated carbocycles. The fourth-order valence-electron chi connectivity index (χ4n) is 3.24. The van der Waals surface area contributed by atoms with Crippen LogP contribution in [0.3, 0.4) is 0 Å². The van der Waals surface area contributed by atoms with Gasteiger partial charge in [0.15, 0.2) is 0 Å². The van der Waals surface area contributed by atoms with Crippen molar-refractivity contribution in [2.24, 2.45) is 0 Å². The van der Waals surface area contributed by atoms with E-state index in [2.05, 4.69) is 11.1 Å². The summed E-state index contributed by atoms with van der Waals surface area (Å²) in [6.07, 6.45) is 6.84. The van der Waals surface area contributed by atoms with Gasteiger partial charge in [-0.15, -0.1) is 11.8 Å². The van der Waals surface area contributed by atoms with Crippen LogP contribution < -0.4 is 4.74 Å². The molecule has 1 aliphatic heterocycles. The summed E-state index contributed by atoms with van der Waals surface area (Å²) in [7, 11) is 1.67. The Labute approximate surface area is 147 Å². The highest BCUT2D eigenvalue weighted by Crippen LogP contribution is 2.34. The van der Waals surface area contributed by atoms with Gasteiger partial charge in [-0.1, -0.05) is 12.1 Å². The predicted molar refractivity (Wildman–Crippen MR) is 96.6 cm³/mol. The number of rotatable bonds is 4. The first-order chi connectivity index (χ1) is 11.7. The summed E-state index contributed by atoms with van der Waals surface area (Å²) in [5, 5.41) is 0.789. The number of nitrogens with zero attached hydrogens (tertiary/aromatic N) is 2. The Morgan fingerprint density at radius 1 is 1.29 bits per heavy atom. The molecular weight excluding hydrogens is 320 g/mol. The highest BCUT2D eigenvalue weighted by atomic mass is 32.2. The Morgan fingerprint density at radius 2 is 2.17 bits per heavy atom. The molecule has 1 aromatic heterocycles. The van der Waals surface area contributed by atoms with Gasteiger partial charge in [0.1, 0.15) is 10.8 Å². The maximum atomic E-state index is 13.2. The lowest BCUT2D eigenvalue weighted by atomic mass is 9.94. The summed E-state index contributed by atoms with van der Waals surface area (Å²) >= 11 is 1.51. The molecular formula is C19H22N2O2S. The largest absolute Gasteiger partial charge is 0.497 e. The van der Waals surface area contributed by atoms with Gasteiger partial charge in [0, 0.05) is 12.7 Å². The van der Waals surface area contributed by atoms with Crippen LogP contribution in [0.25, 0.3) is 0 Å². The van der Waals surface area contributed by atoms with E-state index in [-0.39, 0.29) is 11.9 Å². The van der Waals surface area contributed by atoms with Crippen LogP contribution in [0.1, 0.15) is 41.2 Å². The number of thioether (sulfide) groups is 1. The van der Waals surface area contributed by atoms with Crippen LogP contribution in [0.15, 0.2) is 47.6 Å². The second-order valence-corrected chi connectivity index (χ2v) is 6.64. The quantitative estimate of drug-likeness (QED) is 0.782. The summed E-state index contributed by atoms with van der Waals surface area (Å²) in [6, 6.07) is 11.8. The van der Waals surface area contributed by atoms with Crippen LogP contribution in [0, 0.1) is 0 Å². The average molecular weight is 342 g/mol. The number of carbonyl (C=O) groups excluding carboxylic acids is 1. The van der Waals surface area contributed by atoms with Gasteiger partial charge in [-0.25, -0.2) is 4.98 Å². The fraction of sp³-hybridized carbons (Fsp3) is 0.368. The second kappa shape index (κ2) is 7.71. The van der Waals surface area contributed by atoms with E-state index < -0.39 is 0 Å². The molecule has 126 valence electrons. The minimum atomic E-state index is 0.0694. The van der Waals surface area contributed by atoms with Gasteiger partial charge in [-0.2, -0.15) is 0 Å². The highest BCUT2D eigenvalue weighted by molar-refractivity contribution is 7.98. The highest BCUT2D eigenvalue weighted by Gasteiger charge is 2.30. The summed E-state index contributed by atoms with van der Waals surface area (Å²) in [6.45, 7) is 0.781. The van der Waals surface area contributed by atoms with E-state index in [0.29, 0.717) is 5.56 Å². The van der Waals surface area contributed by atoms with Crippen molar-refractivity contribution in [2.45, 2.75) is 30.3 Å². The number of hydrogen-bond acceptors (Lipinski definition) is 4. The molecule has 3 rings (SSSR count). The van der Waals surface area contributed by atoms with E-state index in [1.165, 1.54) is 11.8 Å². The molecule has 2 aromatic rings. The zero-order valence-electron chi connectivity index (χ0n) is 14.1. The molecule has 0 spiro atoms. The number of piperidine rings is 1. The van der Waals surface area contributed by atoms with Crippen molar-refractivity contribution in [1.82, 2.24) is 9.88 Å². The van der Waals surface area contributed by atoms with Crippen LogP contribution >= 0.6 is 11.8 Å². The molecule has 4 nitrogen and oxygen atoms in total. The minimum absolute atomic E-state index is 0.0694. The van der Waals surface area contributed by atoms with Crippen LogP contribution in [-0.2, 0) is 0 Å². The van der Waals surface area contributed by atoms with E-state index in [0.717, 1.165) is 42.1 Å². The number of likely N-dealkylation sites (tertiary alicyclic amines) is 1. The zero-order valence-corrected chi connectivity index (χ0v) is 14.9. The standard InChI is InChI=1S/C19H22N2O2S/c1-23-15-8-5-7-14(13-15)17-10-3-4-12-21(17)19(22)16-9-6-11-20-18(16)24-2/h5-9,11,13,17H,3-4,10,12H2,1-2H3/t17-/m1/s1. The third-order valence-electron chi connectivity index (χ3n) is 4.44. The Bertz CT molecular complexity index is 720. The van der Waals surface area contributed by atoms with Gasteiger partial charge in [0.25, 0.3) is 5.91 Å². The molecule has 1 saturated heterocycles. The minimum Gasteiger partial charge on any atom is -0.497 e. The molecule has 1 aromatic carbocycles. The molecule has 1 atom stereocenters. The van der Waals surface area contributed by atoms with Gasteiger partial charge in [0.2, 0.25) is 0 Å². The van der Waals surface area contributed by atoms with Gasteiger partial charge in [-0.05, 0) is 55.3 Å². The number of ether oxygens (including phenoxy) is 1. The number of amides is 1. The summed E-state index contributed by atoms with van der Waals surface area (Å²) < 4.78 is 5.35. The Hall–Kier alpha value is -2.01. The normalized spacial score (nSPS) is 17.6. The number of hydrogen-bond donors (Lipinski definition) is 0. The van der Waals surface area contributed by atoms with E-state index in [4.69, 9.17) is 4.74 Å². The van der Waals surface area contributed by atoms with E-state index in [1.807, 2.05) is 41.5 Å². The predicted octanol–water partition coefficient (Wildman–Crippen LogP) is 4.18. The number of carbonyl (C=O) groups is 1. The van der Waals surface area contributed by atoms with Crippen LogP contribution in [0.4, 0.5) is 0 Å². The first-order valence-electron chi connectivity index (χ1n) is 8.18. The van der Waals surface area contributed by atoms with E-state index >= 15 is 0 Å². The molecule has 1 amide bonds. The van der Waals surface area contributed by atoms with Crippen LogP contribution in [0.5, 0.6) is 5.75 Å². The molecule has 5 heteroatoms. The van der Waals surface area contributed by atoms with Gasteiger partial charge in [0.05, 0.1) is 18.7 Å². The van der Waals surface area contributed by atoms with Crippen LogP contribution in [-0.4, -0.2) is 35.7 Å². The topological polar surface area (TPSA) is 42.4 Å².